The van der Waals surface area contributed by atoms with Crippen LogP contribution >= 0.6 is 23.6 Å². The first kappa shape index (κ1) is 13.9. The van der Waals surface area contributed by atoms with E-state index in [4.69, 9.17) is 12.2 Å². The maximum atomic E-state index is 12.5. The average molecular weight is 321 g/mol. The Kier molecular flexibility index (Phi) is 3.14. The van der Waals surface area contributed by atoms with Crippen molar-refractivity contribution in [2.24, 2.45) is 0 Å². The van der Waals surface area contributed by atoms with E-state index in [-0.39, 0.29) is 17.3 Å². The molecule has 0 saturated heterocycles. The topological polar surface area (TPSA) is 80.9 Å². The number of thiophene rings is 1. The number of benzene rings is 1. The van der Waals surface area contributed by atoms with Crippen LogP contribution in [0.1, 0.15) is 19.9 Å². The molecule has 0 spiro atoms. The smallest absolute Gasteiger partial charge is 0.272 e. The van der Waals surface area contributed by atoms with Crippen LogP contribution in [-0.2, 0) is 0 Å². The Morgan fingerprint density at radius 2 is 2.14 bits per heavy atom. The van der Waals surface area contributed by atoms with E-state index in [2.05, 4.69) is 4.98 Å². The number of nitro groups is 1. The van der Waals surface area contributed by atoms with Crippen molar-refractivity contribution in [2.45, 2.75) is 19.9 Å². The molecule has 0 aliphatic heterocycles. The molecule has 0 atom stereocenters. The lowest BCUT2D eigenvalue weighted by molar-refractivity contribution is -0.384. The molecular weight excluding hydrogens is 310 g/mol. The van der Waals surface area contributed by atoms with Gasteiger partial charge in [0.25, 0.3) is 11.2 Å². The molecule has 0 aliphatic rings. The number of hydrogen-bond acceptors (Lipinski definition) is 5. The number of nitrogens with one attached hydrogen (secondary N) is 1. The molecule has 1 aromatic carbocycles. The van der Waals surface area contributed by atoms with Gasteiger partial charge < -0.3 is 4.98 Å². The van der Waals surface area contributed by atoms with Crippen molar-refractivity contribution >= 4 is 49.5 Å². The summed E-state index contributed by atoms with van der Waals surface area (Å²) >= 11 is 6.55. The zero-order chi connectivity index (χ0) is 15.3. The number of aromatic nitrogens is 2. The highest BCUT2D eigenvalue weighted by Gasteiger charge is 2.16. The Labute approximate surface area is 127 Å². The van der Waals surface area contributed by atoms with E-state index in [9.17, 15) is 14.9 Å². The molecular formula is C13H11N3O3S2. The largest absolute Gasteiger partial charge is 0.330 e. The first-order chi connectivity index (χ1) is 9.90. The fraction of sp³-hybridized carbons (Fsp3) is 0.231. The molecule has 0 aliphatic carbocycles. The minimum Gasteiger partial charge on any atom is -0.330 e. The van der Waals surface area contributed by atoms with Crippen LogP contribution in [0.2, 0.25) is 0 Å². The second-order valence-corrected chi connectivity index (χ2v) is 6.38. The lowest BCUT2D eigenvalue weighted by Crippen LogP contribution is -2.22. The predicted molar refractivity (Wildman–Crippen MR) is 85.8 cm³/mol. The Bertz CT molecular complexity index is 997. The molecule has 0 amide bonds. The van der Waals surface area contributed by atoms with E-state index < -0.39 is 4.92 Å². The van der Waals surface area contributed by atoms with Crippen molar-refractivity contribution in [3.63, 3.8) is 0 Å². The molecule has 0 unspecified atom stereocenters. The maximum Gasteiger partial charge on any atom is 0.272 e. The van der Waals surface area contributed by atoms with Crippen LogP contribution < -0.4 is 5.56 Å². The average Bonchev–Trinajstić information content (AvgIpc) is 2.76. The number of nitrogens with zero attached hydrogens (tertiary/aromatic N) is 2. The first-order valence-electron chi connectivity index (χ1n) is 6.25. The van der Waals surface area contributed by atoms with Crippen molar-refractivity contribution < 1.29 is 4.92 Å². The van der Waals surface area contributed by atoms with Crippen molar-refractivity contribution in [3.8, 4) is 0 Å². The van der Waals surface area contributed by atoms with Gasteiger partial charge in [0, 0.05) is 28.3 Å². The van der Waals surface area contributed by atoms with Crippen LogP contribution in [0, 0.1) is 14.9 Å². The van der Waals surface area contributed by atoms with Crippen molar-refractivity contribution in [2.75, 3.05) is 0 Å². The number of non-ortho nitro benzene ring substituents is 1. The van der Waals surface area contributed by atoms with Crippen LogP contribution in [0.25, 0.3) is 20.3 Å². The van der Waals surface area contributed by atoms with Gasteiger partial charge in [0.15, 0.2) is 4.77 Å². The molecule has 8 heteroatoms. The summed E-state index contributed by atoms with van der Waals surface area (Å²) in [6.07, 6.45) is 0. The molecule has 21 heavy (non-hydrogen) atoms. The zero-order valence-corrected chi connectivity index (χ0v) is 12.9. The first-order valence-corrected chi connectivity index (χ1v) is 7.48. The van der Waals surface area contributed by atoms with Crippen LogP contribution in [0.3, 0.4) is 0 Å². The lowest BCUT2D eigenvalue weighted by Gasteiger charge is -2.09. The number of aromatic amines is 1. The van der Waals surface area contributed by atoms with Crippen molar-refractivity contribution in [1.29, 1.82) is 0 Å². The molecule has 0 saturated carbocycles. The lowest BCUT2D eigenvalue weighted by atomic mass is 10.2. The Balaban J connectivity index is 2.49. The van der Waals surface area contributed by atoms with Gasteiger partial charge in [0.05, 0.1) is 10.4 Å². The number of H-pyrrole nitrogens is 1. The predicted octanol–water partition coefficient (Wildman–Crippen LogP) is 3.76. The summed E-state index contributed by atoms with van der Waals surface area (Å²) in [6, 6.07) is 4.52. The minimum absolute atomic E-state index is 0.00504. The standard InChI is InChI=1S/C13H11N3O3S2/c1-6(2)15-12(17)11-10(14-13(15)20)8-5-7(16(18)19)3-4-9(8)21-11/h3-6H,1-2H3,(H,14,20). The van der Waals surface area contributed by atoms with Gasteiger partial charge in [0.1, 0.15) is 4.70 Å². The number of hydrogen-bond donors (Lipinski definition) is 1. The molecule has 3 rings (SSSR count). The normalized spacial score (nSPS) is 11.6. The molecule has 2 aromatic heterocycles. The monoisotopic (exact) mass is 321 g/mol. The van der Waals surface area contributed by atoms with Gasteiger partial charge in [-0.25, -0.2) is 0 Å². The summed E-state index contributed by atoms with van der Waals surface area (Å²) < 4.78 is 3.20. The third kappa shape index (κ3) is 2.07. The Morgan fingerprint density at radius 1 is 1.43 bits per heavy atom. The quantitative estimate of drug-likeness (QED) is 0.442. The van der Waals surface area contributed by atoms with Gasteiger partial charge in [-0.15, -0.1) is 11.3 Å². The van der Waals surface area contributed by atoms with E-state index in [0.29, 0.717) is 20.4 Å². The fourth-order valence-electron chi connectivity index (χ4n) is 2.31. The SMILES string of the molecule is CC(C)n1c(=S)[nH]c2c(sc3ccc([N+](=O)[O-])cc32)c1=O. The Morgan fingerprint density at radius 3 is 2.76 bits per heavy atom. The van der Waals surface area contributed by atoms with Crippen molar-refractivity contribution in [3.05, 3.63) is 43.4 Å². The fourth-order valence-corrected chi connectivity index (χ4v) is 3.78. The summed E-state index contributed by atoms with van der Waals surface area (Å²) in [5.41, 5.74) is 0.410. The molecule has 6 nitrogen and oxygen atoms in total. The summed E-state index contributed by atoms with van der Waals surface area (Å²) in [6.45, 7) is 3.77. The number of fused-ring (bicyclic) bond motifs is 3. The molecule has 108 valence electrons. The summed E-state index contributed by atoms with van der Waals surface area (Å²) in [7, 11) is 0. The highest BCUT2D eigenvalue weighted by Crippen LogP contribution is 2.33. The van der Waals surface area contributed by atoms with E-state index in [1.807, 2.05) is 13.8 Å². The van der Waals surface area contributed by atoms with Gasteiger partial charge in [-0.3, -0.25) is 19.5 Å². The van der Waals surface area contributed by atoms with Gasteiger partial charge in [-0.05, 0) is 32.1 Å². The third-order valence-corrected chi connectivity index (χ3v) is 4.72. The van der Waals surface area contributed by atoms with Gasteiger partial charge >= 0.3 is 0 Å². The number of nitro benzene ring substituents is 1. The molecule has 0 radical (unpaired) electrons. The number of rotatable bonds is 2. The second-order valence-electron chi connectivity index (χ2n) is 4.94. The van der Waals surface area contributed by atoms with Crippen LogP contribution in [0.4, 0.5) is 5.69 Å². The molecule has 1 N–H and O–H groups in total. The second kappa shape index (κ2) is 4.74. The highest BCUT2D eigenvalue weighted by atomic mass is 32.1. The van der Waals surface area contributed by atoms with E-state index in [0.717, 1.165) is 4.70 Å². The zero-order valence-electron chi connectivity index (χ0n) is 11.2. The molecule has 2 heterocycles. The van der Waals surface area contributed by atoms with Gasteiger partial charge in [-0.1, -0.05) is 0 Å². The van der Waals surface area contributed by atoms with E-state index >= 15 is 0 Å². The highest BCUT2D eigenvalue weighted by molar-refractivity contribution is 7.71. The van der Waals surface area contributed by atoms with E-state index in [1.165, 1.54) is 28.0 Å². The summed E-state index contributed by atoms with van der Waals surface area (Å²) in [4.78, 5) is 26.0. The minimum atomic E-state index is -0.451. The summed E-state index contributed by atoms with van der Waals surface area (Å²) in [5.74, 6) is 0. The third-order valence-electron chi connectivity index (χ3n) is 3.26. The van der Waals surface area contributed by atoms with Crippen LogP contribution in [0.5, 0.6) is 0 Å². The Hall–Kier alpha value is -2.06. The molecule has 0 fully saturated rings. The molecule has 0 bridgehead atoms. The van der Waals surface area contributed by atoms with E-state index in [1.54, 1.807) is 6.07 Å². The van der Waals surface area contributed by atoms with Gasteiger partial charge in [0.2, 0.25) is 0 Å². The maximum absolute atomic E-state index is 12.5. The summed E-state index contributed by atoms with van der Waals surface area (Å²) in [5, 5.41) is 11.5. The van der Waals surface area contributed by atoms with Crippen molar-refractivity contribution in [1.82, 2.24) is 9.55 Å². The molecule has 3 aromatic rings. The van der Waals surface area contributed by atoms with Gasteiger partial charge in [-0.2, -0.15) is 0 Å². The van der Waals surface area contributed by atoms with Crippen LogP contribution in [-0.4, -0.2) is 14.5 Å². The van der Waals surface area contributed by atoms with Crippen LogP contribution in [0.15, 0.2) is 23.0 Å².